The average molecular weight is 490 g/mol. The van der Waals surface area contributed by atoms with Gasteiger partial charge in [0.15, 0.2) is 11.4 Å². The fourth-order valence-electron chi connectivity index (χ4n) is 4.63. The van der Waals surface area contributed by atoms with Gasteiger partial charge in [0.2, 0.25) is 0 Å². The highest BCUT2D eigenvalue weighted by Crippen LogP contribution is 2.39. The molecule has 0 spiro atoms. The molecule has 2 aromatic heterocycles. The number of thiophene rings is 1. The number of benzene rings is 1. The van der Waals surface area contributed by atoms with E-state index in [0.29, 0.717) is 24.6 Å². The Morgan fingerprint density at radius 2 is 2.06 bits per heavy atom. The first-order valence-electron chi connectivity index (χ1n) is 11.5. The molecule has 3 N–H and O–H groups in total. The molecule has 2 unspecified atom stereocenters. The molecule has 2 aliphatic heterocycles. The van der Waals surface area contributed by atoms with E-state index in [0.717, 1.165) is 29.7 Å². The Kier molecular flexibility index (Phi) is 5.90. The van der Waals surface area contributed by atoms with Gasteiger partial charge in [0.1, 0.15) is 11.5 Å². The number of allylic oxidation sites excluding steroid dienone is 1. The van der Waals surface area contributed by atoms with Gasteiger partial charge in [-0.05, 0) is 48.1 Å². The molecule has 4 heterocycles. The molecular weight excluding hydrogens is 462 g/mol. The molecule has 2 aliphatic rings. The largest absolute Gasteiger partial charge is 0.376 e. The molecule has 2 amide bonds. The number of amides is 2. The molecule has 0 bridgehead atoms. The summed E-state index contributed by atoms with van der Waals surface area (Å²) in [5, 5.41) is 12.9. The van der Waals surface area contributed by atoms with Crippen molar-refractivity contribution in [2.45, 2.75) is 31.4 Å². The van der Waals surface area contributed by atoms with Crippen LogP contribution in [0.1, 0.15) is 46.7 Å². The van der Waals surface area contributed by atoms with E-state index in [-0.39, 0.29) is 17.6 Å². The van der Waals surface area contributed by atoms with Gasteiger partial charge in [-0.25, -0.2) is 9.97 Å². The van der Waals surface area contributed by atoms with E-state index in [1.807, 2.05) is 37.3 Å². The van der Waals surface area contributed by atoms with Gasteiger partial charge in [-0.1, -0.05) is 24.3 Å². The highest BCUT2D eigenvalue weighted by molar-refractivity contribution is 7.10. The van der Waals surface area contributed by atoms with Gasteiger partial charge in [0.25, 0.3) is 11.8 Å². The number of rotatable bonds is 6. The Morgan fingerprint density at radius 1 is 1.23 bits per heavy atom. The number of hydrogen-bond acceptors (Lipinski definition) is 7. The topological polar surface area (TPSA) is 113 Å². The molecule has 2 atom stereocenters. The van der Waals surface area contributed by atoms with Crippen LogP contribution in [0.5, 0.6) is 0 Å². The SMILES string of the molecule is CC(=CC1(O)CCN(C)C1=O)c1cccc(-c2nc(C(N)=O)cc(N3CCC3c3cccs3)n2)c1. The van der Waals surface area contributed by atoms with Gasteiger partial charge >= 0.3 is 0 Å². The van der Waals surface area contributed by atoms with E-state index in [4.69, 9.17) is 10.7 Å². The zero-order valence-corrected chi connectivity index (χ0v) is 20.5. The molecule has 3 aromatic rings. The van der Waals surface area contributed by atoms with E-state index in [1.165, 1.54) is 9.78 Å². The van der Waals surface area contributed by atoms with Crippen LogP contribution in [0.3, 0.4) is 0 Å². The van der Waals surface area contributed by atoms with Gasteiger partial charge in [0.05, 0.1) is 6.04 Å². The summed E-state index contributed by atoms with van der Waals surface area (Å²) in [4.78, 5) is 38.6. The summed E-state index contributed by atoms with van der Waals surface area (Å²) >= 11 is 1.70. The van der Waals surface area contributed by atoms with Crippen LogP contribution in [0.4, 0.5) is 5.82 Å². The molecule has 35 heavy (non-hydrogen) atoms. The molecular formula is C26H27N5O3S. The first-order valence-corrected chi connectivity index (χ1v) is 12.4. The van der Waals surface area contributed by atoms with E-state index >= 15 is 0 Å². The minimum absolute atomic E-state index is 0.161. The smallest absolute Gasteiger partial charge is 0.267 e. The summed E-state index contributed by atoms with van der Waals surface area (Å²) < 4.78 is 0. The van der Waals surface area contributed by atoms with Crippen molar-refractivity contribution in [3.63, 3.8) is 0 Å². The first-order chi connectivity index (χ1) is 16.7. The number of hydrogen-bond donors (Lipinski definition) is 2. The number of carbonyl (C=O) groups is 2. The Balaban J connectivity index is 1.49. The predicted molar refractivity (Wildman–Crippen MR) is 136 cm³/mol. The second-order valence-electron chi connectivity index (χ2n) is 9.12. The maximum Gasteiger partial charge on any atom is 0.267 e. The van der Waals surface area contributed by atoms with Crippen LogP contribution in [-0.2, 0) is 4.79 Å². The highest BCUT2D eigenvalue weighted by Gasteiger charge is 2.41. The Labute approximate surface area is 207 Å². The molecule has 0 radical (unpaired) electrons. The van der Waals surface area contributed by atoms with Crippen molar-refractivity contribution < 1.29 is 14.7 Å². The molecule has 2 saturated heterocycles. The molecule has 9 heteroatoms. The zero-order valence-electron chi connectivity index (χ0n) is 19.6. The lowest BCUT2D eigenvalue weighted by Gasteiger charge is -2.41. The second kappa shape index (κ2) is 8.90. The van der Waals surface area contributed by atoms with Crippen molar-refractivity contribution >= 4 is 34.5 Å². The Hall–Kier alpha value is -3.56. The molecule has 8 nitrogen and oxygen atoms in total. The number of aromatic nitrogens is 2. The number of aliphatic hydroxyl groups is 1. The number of anilines is 1. The molecule has 0 aliphatic carbocycles. The predicted octanol–water partition coefficient (Wildman–Crippen LogP) is 3.25. The summed E-state index contributed by atoms with van der Waals surface area (Å²) in [5.74, 6) is 0.157. The van der Waals surface area contributed by atoms with Gasteiger partial charge in [0, 0.05) is 43.1 Å². The number of likely N-dealkylation sites (N-methyl/N-ethyl adjacent to an activating group) is 1. The standard InChI is InChI=1S/C26H27N5O3S/c1-16(15-26(34)9-11-30(2)25(26)33)17-5-3-6-18(13-17)24-28-19(23(27)32)14-22(29-24)31-10-8-20(31)21-7-4-12-35-21/h3-7,12-15,20,34H,8-11H2,1-2H3,(H2,27,32). The van der Waals surface area contributed by atoms with Crippen molar-refractivity contribution in [3.05, 3.63) is 70.1 Å². The van der Waals surface area contributed by atoms with Crippen molar-refractivity contribution in [1.29, 1.82) is 0 Å². The van der Waals surface area contributed by atoms with Gasteiger partial charge in [-0.3, -0.25) is 9.59 Å². The summed E-state index contributed by atoms with van der Waals surface area (Å²) in [6.07, 6.45) is 2.99. The number of primary amides is 1. The van der Waals surface area contributed by atoms with E-state index < -0.39 is 11.5 Å². The van der Waals surface area contributed by atoms with Crippen molar-refractivity contribution in [3.8, 4) is 11.4 Å². The van der Waals surface area contributed by atoms with Crippen LogP contribution in [0.15, 0.2) is 53.9 Å². The Bertz CT molecular complexity index is 1320. The van der Waals surface area contributed by atoms with Gasteiger partial charge in [-0.15, -0.1) is 11.3 Å². The van der Waals surface area contributed by atoms with E-state index in [9.17, 15) is 14.7 Å². The quantitative estimate of drug-likeness (QED) is 0.550. The number of nitrogens with two attached hydrogens (primary N) is 1. The monoisotopic (exact) mass is 489 g/mol. The van der Waals surface area contributed by atoms with Crippen LogP contribution < -0.4 is 10.6 Å². The van der Waals surface area contributed by atoms with E-state index in [1.54, 1.807) is 30.5 Å². The van der Waals surface area contributed by atoms with Crippen LogP contribution in [0.25, 0.3) is 17.0 Å². The van der Waals surface area contributed by atoms with Crippen molar-refractivity contribution in [2.24, 2.45) is 5.73 Å². The number of nitrogens with zero attached hydrogens (tertiary/aromatic N) is 4. The second-order valence-corrected chi connectivity index (χ2v) is 10.1. The van der Waals surface area contributed by atoms with Crippen LogP contribution >= 0.6 is 11.3 Å². The lowest BCUT2D eigenvalue weighted by atomic mass is 9.95. The summed E-state index contributed by atoms with van der Waals surface area (Å²) in [7, 11) is 1.69. The van der Waals surface area contributed by atoms with Crippen molar-refractivity contribution in [1.82, 2.24) is 14.9 Å². The third kappa shape index (κ3) is 4.33. The number of likely N-dealkylation sites (tertiary alicyclic amines) is 1. The number of carbonyl (C=O) groups excluding carboxylic acids is 2. The van der Waals surface area contributed by atoms with Gasteiger partial charge < -0.3 is 20.6 Å². The summed E-state index contributed by atoms with van der Waals surface area (Å²) in [6.45, 7) is 3.21. The maximum absolute atomic E-state index is 12.4. The molecule has 5 rings (SSSR count). The fourth-order valence-corrected chi connectivity index (χ4v) is 5.50. The zero-order chi connectivity index (χ0) is 24.7. The van der Waals surface area contributed by atoms with Gasteiger partial charge in [-0.2, -0.15) is 0 Å². The van der Waals surface area contributed by atoms with Crippen LogP contribution in [-0.4, -0.2) is 57.5 Å². The molecule has 0 saturated carbocycles. The maximum atomic E-state index is 12.4. The third-order valence-electron chi connectivity index (χ3n) is 6.73. The minimum Gasteiger partial charge on any atom is -0.376 e. The molecule has 1 aromatic carbocycles. The highest BCUT2D eigenvalue weighted by atomic mass is 32.1. The Morgan fingerprint density at radius 3 is 2.69 bits per heavy atom. The normalized spacial score (nSPS) is 22.4. The summed E-state index contributed by atoms with van der Waals surface area (Å²) in [5.41, 5.74) is 6.58. The lowest BCUT2D eigenvalue weighted by Crippen LogP contribution is -2.41. The van der Waals surface area contributed by atoms with Crippen LogP contribution in [0, 0.1) is 0 Å². The fraction of sp³-hybridized carbons (Fsp3) is 0.308. The minimum atomic E-state index is -1.50. The third-order valence-corrected chi connectivity index (χ3v) is 7.70. The van der Waals surface area contributed by atoms with Crippen molar-refractivity contribution in [2.75, 3.05) is 25.0 Å². The van der Waals surface area contributed by atoms with E-state index in [2.05, 4.69) is 21.3 Å². The molecule has 2 fully saturated rings. The molecule has 180 valence electrons. The average Bonchev–Trinajstić information content (AvgIpc) is 3.43. The first kappa shape index (κ1) is 23.2. The van der Waals surface area contributed by atoms with Crippen LogP contribution in [0.2, 0.25) is 0 Å². The summed E-state index contributed by atoms with van der Waals surface area (Å²) in [6, 6.07) is 13.6. The lowest BCUT2D eigenvalue weighted by molar-refractivity contribution is -0.138.